The van der Waals surface area contributed by atoms with Crippen molar-refractivity contribution in [1.29, 1.82) is 0 Å². The van der Waals surface area contributed by atoms with E-state index in [1.807, 2.05) is 6.07 Å². The van der Waals surface area contributed by atoms with Crippen LogP contribution in [0.5, 0.6) is 0 Å². The zero-order valence-corrected chi connectivity index (χ0v) is 13.1. The predicted octanol–water partition coefficient (Wildman–Crippen LogP) is 4.22. The number of hydrogen-bond acceptors (Lipinski definition) is 2. The molecular weight excluding hydrogens is 268 g/mol. The summed E-state index contributed by atoms with van der Waals surface area (Å²) in [5.74, 6) is 0.854. The van der Waals surface area contributed by atoms with Crippen LogP contribution in [0.15, 0.2) is 18.2 Å². The van der Waals surface area contributed by atoms with E-state index in [1.54, 1.807) is 0 Å². The minimum atomic E-state index is 0.725. The minimum absolute atomic E-state index is 0.725. The second-order valence-corrected chi connectivity index (χ2v) is 6.82. The number of benzene rings is 1. The Hall–Kier alpha value is -0.730. The maximum atomic E-state index is 6.46. The fourth-order valence-corrected chi connectivity index (χ4v) is 3.29. The van der Waals surface area contributed by atoms with Gasteiger partial charge in [-0.2, -0.15) is 0 Å². The zero-order valence-electron chi connectivity index (χ0n) is 12.4. The molecule has 110 valence electrons. The molecule has 1 aromatic carbocycles. The number of halogens is 1. The van der Waals surface area contributed by atoms with Crippen molar-refractivity contribution in [3.63, 3.8) is 0 Å². The van der Waals surface area contributed by atoms with Crippen molar-refractivity contribution in [2.24, 2.45) is 5.92 Å². The standard InChI is InChI=1S/C17H25ClN2/c1-13-4-3-10-20(11-9-13)17-6-2-5-16(18)15(17)12-19-14-7-8-14/h2,5-6,13-14,19H,3-4,7-12H2,1H3. The fraction of sp³-hybridized carbons (Fsp3) is 0.647. The van der Waals surface area contributed by atoms with Crippen LogP contribution in [0.25, 0.3) is 0 Å². The summed E-state index contributed by atoms with van der Waals surface area (Å²) < 4.78 is 0. The smallest absolute Gasteiger partial charge is 0.0471 e. The molecule has 1 heterocycles. The van der Waals surface area contributed by atoms with E-state index < -0.39 is 0 Å². The Morgan fingerprint density at radius 3 is 2.85 bits per heavy atom. The van der Waals surface area contributed by atoms with Crippen LogP contribution in [0.2, 0.25) is 5.02 Å². The summed E-state index contributed by atoms with van der Waals surface area (Å²) in [6.45, 7) is 5.61. The molecule has 0 radical (unpaired) electrons. The van der Waals surface area contributed by atoms with Crippen LogP contribution in [0.3, 0.4) is 0 Å². The first-order valence-corrected chi connectivity index (χ1v) is 8.37. The van der Waals surface area contributed by atoms with Crippen LogP contribution < -0.4 is 10.2 Å². The number of rotatable bonds is 4. The molecular formula is C17H25ClN2. The second kappa shape index (κ2) is 6.36. The number of anilines is 1. The van der Waals surface area contributed by atoms with E-state index in [4.69, 9.17) is 11.6 Å². The molecule has 20 heavy (non-hydrogen) atoms. The summed E-state index contributed by atoms with van der Waals surface area (Å²) in [6, 6.07) is 7.08. The topological polar surface area (TPSA) is 15.3 Å². The van der Waals surface area contributed by atoms with Gasteiger partial charge in [0, 0.05) is 41.9 Å². The van der Waals surface area contributed by atoms with Gasteiger partial charge >= 0.3 is 0 Å². The lowest BCUT2D eigenvalue weighted by atomic mass is 10.0. The maximum Gasteiger partial charge on any atom is 0.0471 e. The molecule has 0 bridgehead atoms. The fourth-order valence-electron chi connectivity index (χ4n) is 3.06. The molecule has 2 fully saturated rings. The van der Waals surface area contributed by atoms with Gasteiger partial charge in [0.25, 0.3) is 0 Å². The summed E-state index contributed by atoms with van der Waals surface area (Å²) in [5, 5.41) is 4.52. The van der Waals surface area contributed by atoms with Gasteiger partial charge < -0.3 is 10.2 Å². The third-order valence-electron chi connectivity index (χ3n) is 4.60. The molecule has 1 saturated carbocycles. The van der Waals surface area contributed by atoms with Gasteiger partial charge in [0.1, 0.15) is 0 Å². The van der Waals surface area contributed by atoms with Crippen molar-refractivity contribution in [3.05, 3.63) is 28.8 Å². The SMILES string of the molecule is CC1CCCN(c2cccc(Cl)c2CNC2CC2)CC1. The highest BCUT2D eigenvalue weighted by molar-refractivity contribution is 6.31. The highest BCUT2D eigenvalue weighted by atomic mass is 35.5. The summed E-state index contributed by atoms with van der Waals surface area (Å²) in [5.41, 5.74) is 2.63. The molecule has 2 nitrogen and oxygen atoms in total. The molecule has 1 aliphatic carbocycles. The summed E-state index contributed by atoms with van der Waals surface area (Å²) >= 11 is 6.46. The first-order chi connectivity index (χ1) is 9.74. The van der Waals surface area contributed by atoms with Gasteiger partial charge in [-0.25, -0.2) is 0 Å². The van der Waals surface area contributed by atoms with Gasteiger partial charge in [-0.1, -0.05) is 24.6 Å². The van der Waals surface area contributed by atoms with E-state index >= 15 is 0 Å². The molecule has 1 unspecified atom stereocenters. The highest BCUT2D eigenvalue weighted by Crippen LogP contribution is 2.31. The first kappa shape index (κ1) is 14.2. The van der Waals surface area contributed by atoms with Gasteiger partial charge in [0.2, 0.25) is 0 Å². The number of nitrogens with one attached hydrogen (secondary N) is 1. The Kier molecular flexibility index (Phi) is 4.52. The molecule has 1 atom stereocenters. The third kappa shape index (κ3) is 3.48. The quantitative estimate of drug-likeness (QED) is 0.894. The Bertz CT molecular complexity index is 456. The predicted molar refractivity (Wildman–Crippen MR) is 86.5 cm³/mol. The normalized spacial score (nSPS) is 23.7. The highest BCUT2D eigenvalue weighted by Gasteiger charge is 2.22. The van der Waals surface area contributed by atoms with Gasteiger partial charge in [0.15, 0.2) is 0 Å². The molecule has 1 saturated heterocycles. The van der Waals surface area contributed by atoms with Crippen molar-refractivity contribution in [1.82, 2.24) is 5.32 Å². The molecule has 2 aliphatic rings. The lowest BCUT2D eigenvalue weighted by Crippen LogP contribution is -2.27. The lowest BCUT2D eigenvalue weighted by Gasteiger charge is -2.26. The van der Waals surface area contributed by atoms with Crippen molar-refractivity contribution in [3.8, 4) is 0 Å². The van der Waals surface area contributed by atoms with Crippen LogP contribution in [0.4, 0.5) is 5.69 Å². The molecule has 0 amide bonds. The van der Waals surface area contributed by atoms with Crippen molar-refractivity contribution in [2.45, 2.75) is 51.6 Å². The third-order valence-corrected chi connectivity index (χ3v) is 4.95. The van der Waals surface area contributed by atoms with Gasteiger partial charge in [-0.05, 0) is 50.2 Å². The summed E-state index contributed by atoms with van der Waals surface area (Å²) in [7, 11) is 0. The largest absolute Gasteiger partial charge is 0.371 e. The van der Waals surface area contributed by atoms with Crippen molar-refractivity contribution < 1.29 is 0 Å². The summed E-state index contributed by atoms with van der Waals surface area (Å²) in [4.78, 5) is 2.54. The van der Waals surface area contributed by atoms with Gasteiger partial charge in [-0.3, -0.25) is 0 Å². The molecule has 0 spiro atoms. The average molecular weight is 293 g/mol. The molecule has 1 N–H and O–H groups in total. The molecule has 3 heteroatoms. The average Bonchev–Trinajstić information content (AvgIpc) is 3.25. The minimum Gasteiger partial charge on any atom is -0.371 e. The van der Waals surface area contributed by atoms with Crippen LogP contribution in [-0.2, 0) is 6.54 Å². The monoisotopic (exact) mass is 292 g/mol. The molecule has 0 aromatic heterocycles. The summed E-state index contributed by atoms with van der Waals surface area (Å²) in [6.07, 6.45) is 6.58. The molecule has 1 aromatic rings. The Morgan fingerprint density at radius 1 is 1.20 bits per heavy atom. The molecule has 1 aliphatic heterocycles. The van der Waals surface area contributed by atoms with E-state index in [1.165, 1.54) is 49.9 Å². The second-order valence-electron chi connectivity index (χ2n) is 6.42. The van der Waals surface area contributed by atoms with Gasteiger partial charge in [0.05, 0.1) is 0 Å². The van der Waals surface area contributed by atoms with Crippen LogP contribution >= 0.6 is 11.6 Å². The van der Waals surface area contributed by atoms with E-state index in [9.17, 15) is 0 Å². The maximum absolute atomic E-state index is 6.46. The Balaban J connectivity index is 1.77. The zero-order chi connectivity index (χ0) is 13.9. The first-order valence-electron chi connectivity index (χ1n) is 8.00. The lowest BCUT2D eigenvalue weighted by molar-refractivity contribution is 0.521. The van der Waals surface area contributed by atoms with E-state index in [0.717, 1.165) is 30.1 Å². The van der Waals surface area contributed by atoms with E-state index in [0.29, 0.717) is 0 Å². The van der Waals surface area contributed by atoms with Crippen LogP contribution in [-0.4, -0.2) is 19.1 Å². The molecule has 3 rings (SSSR count). The van der Waals surface area contributed by atoms with Crippen LogP contribution in [0, 0.1) is 5.92 Å². The van der Waals surface area contributed by atoms with Crippen molar-refractivity contribution >= 4 is 17.3 Å². The Labute approximate surface area is 127 Å². The van der Waals surface area contributed by atoms with Gasteiger partial charge in [-0.15, -0.1) is 0 Å². The van der Waals surface area contributed by atoms with E-state index in [-0.39, 0.29) is 0 Å². The van der Waals surface area contributed by atoms with Crippen molar-refractivity contribution in [2.75, 3.05) is 18.0 Å². The van der Waals surface area contributed by atoms with E-state index in [2.05, 4.69) is 29.3 Å². The van der Waals surface area contributed by atoms with Crippen LogP contribution in [0.1, 0.15) is 44.6 Å². The number of nitrogens with zero attached hydrogens (tertiary/aromatic N) is 1. The number of hydrogen-bond donors (Lipinski definition) is 1. The Morgan fingerprint density at radius 2 is 2.05 bits per heavy atom.